The van der Waals surface area contributed by atoms with E-state index in [1.54, 1.807) is 6.07 Å². The van der Waals surface area contributed by atoms with Crippen molar-refractivity contribution < 1.29 is 4.39 Å². The van der Waals surface area contributed by atoms with Gasteiger partial charge in [-0.3, -0.25) is 10.3 Å². The number of benzene rings is 1. The van der Waals surface area contributed by atoms with Crippen molar-refractivity contribution in [2.75, 3.05) is 13.1 Å². The Bertz CT molecular complexity index is 450. The molecule has 0 spiro atoms. The summed E-state index contributed by atoms with van der Waals surface area (Å²) in [6.07, 6.45) is 1.97. The van der Waals surface area contributed by atoms with E-state index in [2.05, 4.69) is 4.90 Å². The van der Waals surface area contributed by atoms with Gasteiger partial charge in [-0.1, -0.05) is 11.6 Å². The lowest BCUT2D eigenvalue weighted by atomic mass is 9.96. The SMILES string of the molecule is N=C(N)C1CCCN(Cc2cc(F)ccc2Cl)C1. The van der Waals surface area contributed by atoms with Gasteiger partial charge in [-0.05, 0) is 43.1 Å². The van der Waals surface area contributed by atoms with Crippen molar-refractivity contribution in [2.24, 2.45) is 11.7 Å². The zero-order valence-electron chi connectivity index (χ0n) is 10.1. The van der Waals surface area contributed by atoms with Gasteiger partial charge in [-0.25, -0.2) is 4.39 Å². The van der Waals surface area contributed by atoms with Crippen LogP contribution in [-0.4, -0.2) is 23.8 Å². The van der Waals surface area contributed by atoms with Gasteiger partial charge in [0.25, 0.3) is 0 Å². The van der Waals surface area contributed by atoms with Gasteiger partial charge in [0.15, 0.2) is 0 Å². The maximum atomic E-state index is 13.2. The summed E-state index contributed by atoms with van der Waals surface area (Å²) in [7, 11) is 0. The molecular weight excluding hydrogens is 253 g/mol. The molecule has 0 saturated carbocycles. The number of halogens is 2. The van der Waals surface area contributed by atoms with Crippen molar-refractivity contribution in [1.29, 1.82) is 5.41 Å². The van der Waals surface area contributed by atoms with Gasteiger partial charge in [0.05, 0.1) is 5.84 Å². The van der Waals surface area contributed by atoms with Crippen LogP contribution in [-0.2, 0) is 6.54 Å². The van der Waals surface area contributed by atoms with Crippen LogP contribution in [0.2, 0.25) is 5.02 Å². The molecule has 1 atom stereocenters. The van der Waals surface area contributed by atoms with E-state index in [-0.39, 0.29) is 17.6 Å². The zero-order valence-corrected chi connectivity index (χ0v) is 10.9. The second-order valence-electron chi connectivity index (χ2n) is 4.77. The predicted octanol–water partition coefficient (Wildman–Crippen LogP) is 2.63. The maximum absolute atomic E-state index is 13.2. The minimum absolute atomic E-state index is 0.117. The second-order valence-corrected chi connectivity index (χ2v) is 5.17. The number of likely N-dealkylation sites (tertiary alicyclic amines) is 1. The largest absolute Gasteiger partial charge is 0.387 e. The molecule has 1 aliphatic heterocycles. The molecule has 1 aliphatic rings. The number of rotatable bonds is 3. The summed E-state index contributed by atoms with van der Waals surface area (Å²) in [5.41, 5.74) is 6.34. The highest BCUT2D eigenvalue weighted by molar-refractivity contribution is 6.31. The monoisotopic (exact) mass is 269 g/mol. The number of nitrogens with two attached hydrogens (primary N) is 1. The fourth-order valence-electron chi connectivity index (χ4n) is 2.36. The van der Waals surface area contributed by atoms with Gasteiger partial charge in [-0.15, -0.1) is 0 Å². The highest BCUT2D eigenvalue weighted by atomic mass is 35.5. The van der Waals surface area contributed by atoms with E-state index in [4.69, 9.17) is 22.7 Å². The first-order valence-corrected chi connectivity index (χ1v) is 6.44. The molecule has 0 amide bonds. The van der Waals surface area contributed by atoms with Crippen molar-refractivity contribution in [2.45, 2.75) is 19.4 Å². The third kappa shape index (κ3) is 3.21. The Morgan fingerprint density at radius 3 is 3.06 bits per heavy atom. The van der Waals surface area contributed by atoms with Crippen LogP contribution in [0.4, 0.5) is 4.39 Å². The van der Waals surface area contributed by atoms with Crippen LogP contribution in [0, 0.1) is 17.1 Å². The topological polar surface area (TPSA) is 53.1 Å². The van der Waals surface area contributed by atoms with Crippen molar-refractivity contribution in [3.8, 4) is 0 Å². The molecular formula is C13H17ClFN3. The number of hydrogen-bond acceptors (Lipinski definition) is 2. The third-order valence-electron chi connectivity index (χ3n) is 3.35. The minimum atomic E-state index is -0.269. The van der Waals surface area contributed by atoms with E-state index in [1.165, 1.54) is 12.1 Å². The molecule has 1 fully saturated rings. The summed E-state index contributed by atoms with van der Waals surface area (Å²) in [4.78, 5) is 2.18. The molecule has 1 aromatic rings. The lowest BCUT2D eigenvalue weighted by Crippen LogP contribution is -2.40. The molecule has 1 saturated heterocycles. The molecule has 1 unspecified atom stereocenters. The van der Waals surface area contributed by atoms with Crippen molar-refractivity contribution in [1.82, 2.24) is 4.90 Å². The standard InChI is InChI=1S/C13H17ClFN3/c14-12-4-3-11(15)6-10(12)8-18-5-1-2-9(7-18)13(16)17/h3-4,6,9H,1-2,5,7-8H2,(H3,16,17). The molecule has 0 bridgehead atoms. The van der Waals surface area contributed by atoms with Crippen LogP contribution in [0.1, 0.15) is 18.4 Å². The summed E-state index contributed by atoms with van der Waals surface area (Å²) in [6.45, 7) is 2.30. The Hall–Kier alpha value is -1.13. The Kier molecular flexibility index (Phi) is 4.19. The Morgan fingerprint density at radius 2 is 2.33 bits per heavy atom. The highest BCUT2D eigenvalue weighted by Gasteiger charge is 2.22. The van der Waals surface area contributed by atoms with Crippen LogP contribution in [0.3, 0.4) is 0 Å². The van der Waals surface area contributed by atoms with E-state index >= 15 is 0 Å². The molecule has 18 heavy (non-hydrogen) atoms. The molecule has 0 radical (unpaired) electrons. The first-order chi connectivity index (χ1) is 8.56. The number of piperidine rings is 1. The number of nitrogens with zero attached hydrogens (tertiary/aromatic N) is 1. The van der Waals surface area contributed by atoms with Gasteiger partial charge in [0.2, 0.25) is 0 Å². The highest BCUT2D eigenvalue weighted by Crippen LogP contribution is 2.22. The van der Waals surface area contributed by atoms with Crippen LogP contribution in [0.5, 0.6) is 0 Å². The van der Waals surface area contributed by atoms with Crippen molar-refractivity contribution >= 4 is 17.4 Å². The molecule has 3 nitrogen and oxygen atoms in total. The first kappa shape index (κ1) is 13.3. The second kappa shape index (κ2) is 5.67. The number of amidine groups is 1. The Balaban J connectivity index is 2.04. The number of nitrogens with one attached hydrogen (secondary N) is 1. The fraction of sp³-hybridized carbons (Fsp3) is 0.462. The first-order valence-electron chi connectivity index (χ1n) is 6.06. The number of hydrogen-bond donors (Lipinski definition) is 2. The molecule has 1 heterocycles. The summed E-state index contributed by atoms with van der Waals surface area (Å²) in [5.74, 6) is 0.0886. The van der Waals surface area contributed by atoms with Crippen molar-refractivity contribution in [3.05, 3.63) is 34.6 Å². The lowest BCUT2D eigenvalue weighted by Gasteiger charge is -2.32. The van der Waals surface area contributed by atoms with E-state index in [1.807, 2.05) is 0 Å². The molecule has 5 heteroatoms. The van der Waals surface area contributed by atoms with E-state index in [9.17, 15) is 4.39 Å². The molecule has 2 rings (SSSR count). The lowest BCUT2D eigenvalue weighted by molar-refractivity contribution is 0.195. The van der Waals surface area contributed by atoms with Gasteiger partial charge >= 0.3 is 0 Å². The van der Waals surface area contributed by atoms with Gasteiger partial charge in [-0.2, -0.15) is 0 Å². The van der Waals surface area contributed by atoms with E-state index in [0.29, 0.717) is 11.6 Å². The Morgan fingerprint density at radius 1 is 1.56 bits per heavy atom. The van der Waals surface area contributed by atoms with Crippen LogP contribution >= 0.6 is 11.6 Å². The summed E-state index contributed by atoms with van der Waals surface area (Å²) >= 11 is 6.05. The predicted molar refractivity (Wildman–Crippen MR) is 71.3 cm³/mol. The summed E-state index contributed by atoms with van der Waals surface area (Å²) in [5, 5.41) is 8.08. The van der Waals surface area contributed by atoms with Crippen molar-refractivity contribution in [3.63, 3.8) is 0 Å². The fourth-order valence-corrected chi connectivity index (χ4v) is 2.54. The summed E-state index contributed by atoms with van der Waals surface area (Å²) in [6, 6.07) is 4.42. The normalized spacial score (nSPS) is 20.9. The van der Waals surface area contributed by atoms with E-state index < -0.39 is 0 Å². The molecule has 0 aliphatic carbocycles. The maximum Gasteiger partial charge on any atom is 0.123 e. The van der Waals surface area contributed by atoms with Crippen LogP contribution in [0.15, 0.2) is 18.2 Å². The molecule has 0 aromatic heterocycles. The Labute approximate surface area is 111 Å². The summed E-state index contributed by atoms with van der Waals surface area (Å²) < 4.78 is 13.2. The third-order valence-corrected chi connectivity index (χ3v) is 3.72. The smallest absolute Gasteiger partial charge is 0.123 e. The average Bonchev–Trinajstić information content (AvgIpc) is 2.34. The van der Waals surface area contributed by atoms with Gasteiger partial charge in [0, 0.05) is 24.0 Å². The molecule has 3 N–H and O–H groups in total. The van der Waals surface area contributed by atoms with Gasteiger partial charge < -0.3 is 5.73 Å². The molecule has 98 valence electrons. The zero-order chi connectivity index (χ0) is 13.1. The molecule has 1 aromatic carbocycles. The van der Waals surface area contributed by atoms with E-state index in [0.717, 1.165) is 31.5 Å². The average molecular weight is 270 g/mol. The minimum Gasteiger partial charge on any atom is -0.387 e. The van der Waals surface area contributed by atoms with Gasteiger partial charge in [0.1, 0.15) is 5.82 Å². The quantitative estimate of drug-likeness (QED) is 0.655. The van der Waals surface area contributed by atoms with Crippen LogP contribution < -0.4 is 5.73 Å². The van der Waals surface area contributed by atoms with Crippen LogP contribution in [0.25, 0.3) is 0 Å².